The van der Waals surface area contributed by atoms with Crippen LogP contribution in [0.1, 0.15) is 25.3 Å². The van der Waals surface area contributed by atoms with E-state index in [-0.39, 0.29) is 19.0 Å². The number of esters is 1. The summed E-state index contributed by atoms with van der Waals surface area (Å²) in [5.41, 5.74) is 1.38. The second-order valence-corrected chi connectivity index (χ2v) is 5.90. The second-order valence-electron chi connectivity index (χ2n) is 5.90. The highest BCUT2D eigenvalue weighted by molar-refractivity contribution is 5.85. The molecule has 148 valence electrons. The highest BCUT2D eigenvalue weighted by Gasteiger charge is 2.08. The molecule has 0 saturated carbocycles. The fourth-order valence-corrected chi connectivity index (χ4v) is 2.17. The second kappa shape index (κ2) is 11.5. The summed E-state index contributed by atoms with van der Waals surface area (Å²) in [6, 6.07) is 11.1. The van der Waals surface area contributed by atoms with Crippen molar-refractivity contribution < 1.29 is 23.4 Å². The summed E-state index contributed by atoms with van der Waals surface area (Å²) < 4.78 is 29.2. The average Bonchev–Trinajstić information content (AvgIpc) is 2.71. The molecule has 0 atom stereocenters. The maximum Gasteiger partial charge on any atom is 0.344 e. The van der Waals surface area contributed by atoms with Crippen molar-refractivity contribution in [1.29, 1.82) is 0 Å². The van der Waals surface area contributed by atoms with E-state index < -0.39 is 5.97 Å². The lowest BCUT2D eigenvalue weighted by atomic mass is 10.2. The molecule has 0 bridgehead atoms. The number of ether oxygens (including phenoxy) is 3. The van der Waals surface area contributed by atoms with E-state index in [1.807, 2.05) is 0 Å². The molecule has 0 aliphatic heterocycles. The Bertz CT molecular complexity index is 803. The van der Waals surface area contributed by atoms with E-state index in [0.29, 0.717) is 23.8 Å². The van der Waals surface area contributed by atoms with E-state index in [1.54, 1.807) is 36.5 Å². The Morgan fingerprint density at radius 3 is 2.68 bits per heavy atom. The number of hydrogen-bond donors (Lipinski definition) is 0. The smallest absolute Gasteiger partial charge is 0.344 e. The molecule has 0 spiro atoms. The molecular weight excluding hydrogens is 361 g/mol. The van der Waals surface area contributed by atoms with Crippen molar-refractivity contribution in [2.75, 3.05) is 19.8 Å². The first kappa shape index (κ1) is 21.2. The Labute approximate surface area is 164 Å². The summed E-state index contributed by atoms with van der Waals surface area (Å²) in [6.07, 6.45) is 5.06. The molecule has 0 heterocycles. The SMILES string of the molecule is C=CCOC(=O)COc1ccc(C=Nc2ccc(F)cc2)c(OCCCC)c1. The molecule has 2 aromatic carbocycles. The minimum absolute atomic E-state index is 0.145. The van der Waals surface area contributed by atoms with Crippen molar-refractivity contribution in [2.45, 2.75) is 19.8 Å². The number of aliphatic imine (C=N–C) groups is 1. The van der Waals surface area contributed by atoms with Crippen molar-refractivity contribution in [3.63, 3.8) is 0 Å². The lowest BCUT2D eigenvalue weighted by molar-refractivity contribution is -0.144. The van der Waals surface area contributed by atoms with Gasteiger partial charge in [0.15, 0.2) is 6.61 Å². The summed E-state index contributed by atoms with van der Waals surface area (Å²) in [7, 11) is 0. The summed E-state index contributed by atoms with van der Waals surface area (Å²) in [6.45, 7) is 6.06. The van der Waals surface area contributed by atoms with Crippen molar-refractivity contribution >= 4 is 17.9 Å². The molecule has 0 N–H and O–H groups in total. The quantitative estimate of drug-likeness (QED) is 0.240. The Balaban J connectivity index is 2.11. The summed E-state index contributed by atoms with van der Waals surface area (Å²) in [5.74, 6) is 0.295. The number of carbonyl (C=O) groups is 1. The van der Waals surface area contributed by atoms with Gasteiger partial charge >= 0.3 is 5.97 Å². The van der Waals surface area contributed by atoms with Gasteiger partial charge < -0.3 is 14.2 Å². The van der Waals surface area contributed by atoms with Crippen LogP contribution in [0.2, 0.25) is 0 Å². The molecule has 0 saturated heterocycles. The predicted molar refractivity (Wildman–Crippen MR) is 107 cm³/mol. The van der Waals surface area contributed by atoms with Gasteiger partial charge in [-0.15, -0.1) is 0 Å². The van der Waals surface area contributed by atoms with Crippen LogP contribution >= 0.6 is 0 Å². The topological polar surface area (TPSA) is 57.1 Å². The van der Waals surface area contributed by atoms with Crippen LogP contribution in [0, 0.1) is 5.82 Å². The molecule has 0 fully saturated rings. The van der Waals surface area contributed by atoms with E-state index in [2.05, 4.69) is 18.5 Å². The molecule has 2 rings (SSSR count). The number of benzene rings is 2. The van der Waals surface area contributed by atoms with Crippen LogP contribution in [0.5, 0.6) is 11.5 Å². The zero-order valence-electron chi connectivity index (χ0n) is 15.9. The van der Waals surface area contributed by atoms with Crippen molar-refractivity contribution in [1.82, 2.24) is 0 Å². The standard InChI is InChI=1S/C22H24FNO4/c1-3-5-13-26-21-14-20(28-16-22(25)27-12-4-2)11-6-17(21)15-24-19-9-7-18(23)8-10-19/h4,6-11,14-15H,2-3,5,12-13,16H2,1H3. The normalized spacial score (nSPS) is 10.6. The first-order chi connectivity index (χ1) is 13.6. The Kier molecular flexibility index (Phi) is 8.72. The number of unbranched alkanes of at least 4 members (excludes halogenated alkanes) is 1. The van der Waals surface area contributed by atoms with Crippen molar-refractivity contribution in [3.05, 3.63) is 66.5 Å². The summed E-state index contributed by atoms with van der Waals surface area (Å²) in [5, 5.41) is 0. The maximum absolute atomic E-state index is 13.0. The molecule has 0 unspecified atom stereocenters. The van der Waals surface area contributed by atoms with Gasteiger partial charge in [-0.3, -0.25) is 4.99 Å². The first-order valence-corrected chi connectivity index (χ1v) is 9.08. The lowest BCUT2D eigenvalue weighted by Gasteiger charge is -2.12. The third kappa shape index (κ3) is 7.23. The van der Waals surface area contributed by atoms with E-state index in [1.165, 1.54) is 18.2 Å². The third-order valence-corrected chi connectivity index (χ3v) is 3.64. The Morgan fingerprint density at radius 2 is 1.96 bits per heavy atom. The zero-order valence-corrected chi connectivity index (χ0v) is 15.9. The molecule has 0 aromatic heterocycles. The number of halogens is 1. The van der Waals surface area contributed by atoms with E-state index >= 15 is 0 Å². The van der Waals surface area contributed by atoms with Gasteiger partial charge in [0.2, 0.25) is 0 Å². The van der Waals surface area contributed by atoms with Gasteiger partial charge in [-0.05, 0) is 42.8 Å². The van der Waals surface area contributed by atoms with Gasteiger partial charge in [0, 0.05) is 17.8 Å². The number of rotatable bonds is 11. The van der Waals surface area contributed by atoms with Crippen LogP contribution in [0.15, 0.2) is 60.1 Å². The van der Waals surface area contributed by atoms with Crippen LogP contribution < -0.4 is 9.47 Å². The molecule has 28 heavy (non-hydrogen) atoms. The minimum atomic E-state index is -0.477. The monoisotopic (exact) mass is 385 g/mol. The summed E-state index contributed by atoms with van der Waals surface area (Å²) >= 11 is 0. The van der Waals surface area contributed by atoms with Crippen molar-refractivity contribution in [2.24, 2.45) is 4.99 Å². The van der Waals surface area contributed by atoms with Crippen LogP contribution in [0.4, 0.5) is 10.1 Å². The number of carbonyl (C=O) groups excluding carboxylic acids is 1. The van der Waals surface area contributed by atoms with Crippen LogP contribution in [0.25, 0.3) is 0 Å². The zero-order chi connectivity index (χ0) is 20.2. The van der Waals surface area contributed by atoms with Crippen LogP contribution in [-0.4, -0.2) is 32.0 Å². The Morgan fingerprint density at radius 1 is 1.18 bits per heavy atom. The van der Waals surface area contributed by atoms with Gasteiger partial charge in [0.1, 0.15) is 23.9 Å². The van der Waals surface area contributed by atoms with E-state index in [9.17, 15) is 9.18 Å². The number of hydrogen-bond acceptors (Lipinski definition) is 5. The number of nitrogens with zero attached hydrogens (tertiary/aromatic N) is 1. The van der Waals surface area contributed by atoms with Gasteiger partial charge in [-0.25, -0.2) is 9.18 Å². The molecule has 0 amide bonds. The molecule has 0 aliphatic rings. The highest BCUT2D eigenvalue weighted by Crippen LogP contribution is 2.25. The predicted octanol–water partition coefficient (Wildman–Crippen LogP) is 4.86. The van der Waals surface area contributed by atoms with Gasteiger partial charge in [0.25, 0.3) is 0 Å². The van der Waals surface area contributed by atoms with Gasteiger partial charge in [-0.1, -0.05) is 26.0 Å². The minimum Gasteiger partial charge on any atom is -0.493 e. The van der Waals surface area contributed by atoms with Crippen molar-refractivity contribution in [3.8, 4) is 11.5 Å². The average molecular weight is 385 g/mol. The molecule has 6 heteroatoms. The third-order valence-electron chi connectivity index (χ3n) is 3.64. The van der Waals surface area contributed by atoms with E-state index in [0.717, 1.165) is 18.4 Å². The lowest BCUT2D eigenvalue weighted by Crippen LogP contribution is -2.14. The maximum atomic E-state index is 13.0. The fraction of sp³-hybridized carbons (Fsp3) is 0.273. The molecule has 0 aliphatic carbocycles. The first-order valence-electron chi connectivity index (χ1n) is 9.08. The molecule has 0 radical (unpaired) electrons. The molecular formula is C22H24FNO4. The van der Waals surface area contributed by atoms with Crippen LogP contribution in [0.3, 0.4) is 0 Å². The fourth-order valence-electron chi connectivity index (χ4n) is 2.17. The van der Waals surface area contributed by atoms with Crippen LogP contribution in [-0.2, 0) is 9.53 Å². The van der Waals surface area contributed by atoms with Gasteiger partial charge in [-0.2, -0.15) is 0 Å². The Hall–Kier alpha value is -3.15. The molecule has 5 nitrogen and oxygen atoms in total. The van der Waals surface area contributed by atoms with Gasteiger partial charge in [0.05, 0.1) is 12.3 Å². The summed E-state index contributed by atoms with van der Waals surface area (Å²) in [4.78, 5) is 15.9. The highest BCUT2D eigenvalue weighted by atomic mass is 19.1. The largest absolute Gasteiger partial charge is 0.493 e. The van der Waals surface area contributed by atoms with E-state index in [4.69, 9.17) is 14.2 Å². The molecule has 2 aromatic rings.